The smallest absolute Gasteiger partial charge is 0.236 e. The van der Waals surface area contributed by atoms with Crippen LogP contribution in [0.3, 0.4) is 0 Å². The Kier molecular flexibility index (Phi) is 4.54. The van der Waals surface area contributed by atoms with Crippen molar-refractivity contribution in [1.29, 1.82) is 0 Å². The fourth-order valence-electron chi connectivity index (χ4n) is 2.56. The molecule has 0 bridgehead atoms. The molecular weight excluding hydrogens is 306 g/mol. The fraction of sp³-hybridized carbons (Fsp3) is 0.538. The lowest BCUT2D eigenvalue weighted by atomic mass is 10.1. The molecular formula is C13H17N5OS2. The zero-order valence-corrected chi connectivity index (χ0v) is 13.4. The van der Waals surface area contributed by atoms with E-state index in [0.29, 0.717) is 16.8 Å². The van der Waals surface area contributed by atoms with Gasteiger partial charge in [0.25, 0.3) is 0 Å². The van der Waals surface area contributed by atoms with Crippen molar-refractivity contribution in [3.8, 4) is 0 Å². The van der Waals surface area contributed by atoms with Crippen LogP contribution in [0.5, 0.6) is 0 Å². The van der Waals surface area contributed by atoms with Gasteiger partial charge in [-0.15, -0.1) is 21.5 Å². The van der Waals surface area contributed by atoms with Crippen LogP contribution in [0.1, 0.15) is 37.4 Å². The highest BCUT2D eigenvalue weighted by molar-refractivity contribution is 7.99. The van der Waals surface area contributed by atoms with Gasteiger partial charge in [0.1, 0.15) is 5.82 Å². The molecule has 1 aliphatic rings. The molecule has 0 unspecified atom stereocenters. The van der Waals surface area contributed by atoms with E-state index in [2.05, 4.69) is 20.5 Å². The highest BCUT2D eigenvalue weighted by Gasteiger charge is 2.23. The second kappa shape index (κ2) is 6.57. The van der Waals surface area contributed by atoms with Crippen molar-refractivity contribution in [2.75, 3.05) is 11.1 Å². The van der Waals surface area contributed by atoms with E-state index in [9.17, 15) is 4.79 Å². The molecule has 0 radical (unpaired) electrons. The number of hydrogen-bond donors (Lipinski definition) is 1. The highest BCUT2D eigenvalue weighted by atomic mass is 32.2. The predicted molar refractivity (Wildman–Crippen MR) is 83.7 cm³/mol. The molecule has 0 aromatic carbocycles. The van der Waals surface area contributed by atoms with E-state index in [-0.39, 0.29) is 5.91 Å². The summed E-state index contributed by atoms with van der Waals surface area (Å²) in [7, 11) is 1.98. The van der Waals surface area contributed by atoms with Gasteiger partial charge in [0, 0.05) is 24.5 Å². The Morgan fingerprint density at radius 3 is 3.00 bits per heavy atom. The van der Waals surface area contributed by atoms with Gasteiger partial charge in [0.15, 0.2) is 10.3 Å². The number of carbonyl (C=O) groups excluding carboxylic acids is 1. The van der Waals surface area contributed by atoms with E-state index < -0.39 is 0 Å². The molecule has 21 heavy (non-hydrogen) atoms. The number of aromatic nitrogens is 4. The van der Waals surface area contributed by atoms with Gasteiger partial charge in [0.05, 0.1) is 5.75 Å². The van der Waals surface area contributed by atoms with Crippen molar-refractivity contribution in [3.63, 3.8) is 0 Å². The number of nitrogens with one attached hydrogen (secondary N) is 1. The molecule has 0 aliphatic heterocycles. The molecule has 0 atom stereocenters. The Bertz CT molecular complexity index is 604. The van der Waals surface area contributed by atoms with E-state index in [1.54, 1.807) is 6.20 Å². The SMILES string of the molecule is Cn1c(SCC(=O)Nc2nccs2)nnc1C1CCCC1. The molecule has 0 saturated heterocycles. The topological polar surface area (TPSA) is 72.7 Å². The molecule has 8 heteroatoms. The van der Waals surface area contributed by atoms with E-state index in [1.807, 2.05) is 17.0 Å². The first-order valence-electron chi connectivity index (χ1n) is 6.95. The minimum atomic E-state index is -0.0691. The number of amides is 1. The number of thioether (sulfide) groups is 1. The zero-order valence-electron chi connectivity index (χ0n) is 11.8. The summed E-state index contributed by atoms with van der Waals surface area (Å²) in [5.74, 6) is 1.83. The second-order valence-corrected chi connectivity index (χ2v) is 6.89. The number of carbonyl (C=O) groups is 1. The van der Waals surface area contributed by atoms with Crippen molar-refractivity contribution in [2.24, 2.45) is 7.05 Å². The van der Waals surface area contributed by atoms with Crippen molar-refractivity contribution in [3.05, 3.63) is 17.4 Å². The van der Waals surface area contributed by atoms with Crippen molar-refractivity contribution in [2.45, 2.75) is 36.8 Å². The van der Waals surface area contributed by atoms with Crippen molar-refractivity contribution in [1.82, 2.24) is 19.7 Å². The molecule has 1 amide bonds. The first-order chi connectivity index (χ1) is 10.2. The van der Waals surface area contributed by atoms with E-state index in [0.717, 1.165) is 11.0 Å². The van der Waals surface area contributed by atoms with Gasteiger partial charge < -0.3 is 9.88 Å². The average Bonchev–Trinajstić information content (AvgIpc) is 3.18. The molecule has 112 valence electrons. The van der Waals surface area contributed by atoms with E-state index in [4.69, 9.17) is 0 Å². The molecule has 1 N–H and O–H groups in total. The lowest BCUT2D eigenvalue weighted by molar-refractivity contribution is -0.113. The Hall–Kier alpha value is -1.41. The largest absolute Gasteiger partial charge is 0.309 e. The maximum atomic E-state index is 11.8. The lowest BCUT2D eigenvalue weighted by Gasteiger charge is -2.08. The van der Waals surface area contributed by atoms with Gasteiger partial charge in [0.2, 0.25) is 5.91 Å². The van der Waals surface area contributed by atoms with Crippen LogP contribution < -0.4 is 5.32 Å². The lowest BCUT2D eigenvalue weighted by Crippen LogP contribution is -2.14. The normalized spacial score (nSPS) is 15.5. The average molecular weight is 323 g/mol. The molecule has 1 saturated carbocycles. The summed E-state index contributed by atoms with van der Waals surface area (Å²) in [5.41, 5.74) is 0. The van der Waals surface area contributed by atoms with E-state index in [1.165, 1.54) is 48.8 Å². The molecule has 2 aromatic rings. The Balaban J connectivity index is 1.56. The Morgan fingerprint density at radius 2 is 2.29 bits per heavy atom. The van der Waals surface area contributed by atoms with Crippen molar-refractivity contribution < 1.29 is 4.79 Å². The number of thiazole rings is 1. The molecule has 1 fully saturated rings. The maximum absolute atomic E-state index is 11.8. The molecule has 6 nitrogen and oxygen atoms in total. The summed E-state index contributed by atoms with van der Waals surface area (Å²) >= 11 is 2.82. The zero-order chi connectivity index (χ0) is 14.7. The Labute approximate surface area is 131 Å². The van der Waals surface area contributed by atoms with Gasteiger partial charge in [-0.05, 0) is 12.8 Å². The predicted octanol–water partition coefficient (Wildman–Crippen LogP) is 2.66. The molecule has 3 rings (SSSR count). The standard InChI is InChI=1S/C13H17N5OS2/c1-18-11(9-4-2-3-5-9)16-17-13(18)21-8-10(19)15-12-14-6-7-20-12/h6-7,9H,2-5,8H2,1H3,(H,14,15,19). The summed E-state index contributed by atoms with van der Waals surface area (Å²) in [6.07, 6.45) is 6.61. The molecule has 2 aromatic heterocycles. The summed E-state index contributed by atoms with van der Waals surface area (Å²) in [4.78, 5) is 15.9. The van der Waals surface area contributed by atoms with E-state index >= 15 is 0 Å². The van der Waals surface area contributed by atoms with Gasteiger partial charge in [-0.3, -0.25) is 4.79 Å². The summed E-state index contributed by atoms with van der Waals surface area (Å²) in [6.45, 7) is 0. The second-order valence-electron chi connectivity index (χ2n) is 5.06. The molecule has 0 spiro atoms. The van der Waals surface area contributed by atoms with Crippen LogP contribution in [-0.2, 0) is 11.8 Å². The highest BCUT2D eigenvalue weighted by Crippen LogP contribution is 2.33. The van der Waals surface area contributed by atoms with Crippen molar-refractivity contribution >= 4 is 34.1 Å². The molecule has 2 heterocycles. The number of nitrogens with zero attached hydrogens (tertiary/aromatic N) is 4. The fourth-order valence-corrected chi connectivity index (χ4v) is 3.83. The van der Waals surface area contributed by atoms with Crippen LogP contribution >= 0.6 is 23.1 Å². The van der Waals surface area contributed by atoms with Gasteiger partial charge in [-0.25, -0.2) is 4.98 Å². The third-order valence-corrected chi connectivity index (χ3v) is 5.31. The number of rotatable bonds is 5. The summed E-state index contributed by atoms with van der Waals surface area (Å²) in [6, 6.07) is 0. The summed E-state index contributed by atoms with van der Waals surface area (Å²) < 4.78 is 2.03. The van der Waals surface area contributed by atoms with Crippen LogP contribution in [-0.4, -0.2) is 31.4 Å². The van der Waals surface area contributed by atoms with Crippen LogP contribution in [0.4, 0.5) is 5.13 Å². The van der Waals surface area contributed by atoms with Crippen LogP contribution in [0, 0.1) is 0 Å². The van der Waals surface area contributed by atoms with Gasteiger partial charge in [-0.1, -0.05) is 24.6 Å². The van der Waals surface area contributed by atoms with Crippen LogP contribution in [0.25, 0.3) is 0 Å². The Morgan fingerprint density at radius 1 is 1.48 bits per heavy atom. The number of hydrogen-bond acceptors (Lipinski definition) is 6. The first-order valence-corrected chi connectivity index (χ1v) is 8.82. The minimum absolute atomic E-state index is 0.0691. The van der Waals surface area contributed by atoms with Gasteiger partial charge in [-0.2, -0.15) is 0 Å². The monoisotopic (exact) mass is 323 g/mol. The quantitative estimate of drug-likeness (QED) is 0.856. The maximum Gasteiger partial charge on any atom is 0.236 e. The molecule has 1 aliphatic carbocycles. The number of anilines is 1. The van der Waals surface area contributed by atoms with Crippen LogP contribution in [0.15, 0.2) is 16.7 Å². The minimum Gasteiger partial charge on any atom is -0.309 e. The van der Waals surface area contributed by atoms with Crippen LogP contribution in [0.2, 0.25) is 0 Å². The first kappa shape index (κ1) is 14.5. The third kappa shape index (κ3) is 3.44. The summed E-state index contributed by atoms with van der Waals surface area (Å²) in [5, 5.41) is 14.5. The van der Waals surface area contributed by atoms with Gasteiger partial charge >= 0.3 is 0 Å². The third-order valence-electron chi connectivity index (χ3n) is 3.60.